The standard InChI is InChI=1S/C12H16ClF2NO2S/c1-8(7-13)9(2)16-10-5-3-4-6-11(10)19(17,18)12(14)15/h3-6,8-9,12,16H,7H2,1-2H3. The van der Waals surface area contributed by atoms with Crippen molar-refractivity contribution in [2.75, 3.05) is 11.2 Å². The maximum atomic E-state index is 12.6. The number of anilines is 1. The van der Waals surface area contributed by atoms with Crippen molar-refractivity contribution in [2.24, 2.45) is 5.92 Å². The van der Waals surface area contributed by atoms with Crippen molar-refractivity contribution in [1.29, 1.82) is 0 Å². The Morgan fingerprint density at radius 1 is 1.26 bits per heavy atom. The third-order valence-electron chi connectivity index (χ3n) is 2.91. The van der Waals surface area contributed by atoms with E-state index in [0.717, 1.165) is 0 Å². The van der Waals surface area contributed by atoms with E-state index in [1.807, 2.05) is 13.8 Å². The molecule has 0 saturated carbocycles. The Hall–Kier alpha value is -0.880. The SMILES string of the molecule is CC(CCl)C(C)Nc1ccccc1S(=O)(=O)C(F)F. The molecule has 0 aliphatic carbocycles. The number of rotatable bonds is 6. The van der Waals surface area contributed by atoms with Crippen molar-refractivity contribution in [1.82, 2.24) is 0 Å². The van der Waals surface area contributed by atoms with Gasteiger partial charge in [0.1, 0.15) is 0 Å². The van der Waals surface area contributed by atoms with Crippen LogP contribution in [-0.4, -0.2) is 26.1 Å². The zero-order chi connectivity index (χ0) is 14.6. The topological polar surface area (TPSA) is 46.2 Å². The lowest BCUT2D eigenvalue weighted by Crippen LogP contribution is -2.26. The third-order valence-corrected chi connectivity index (χ3v) is 4.83. The van der Waals surface area contributed by atoms with E-state index in [0.29, 0.717) is 5.88 Å². The molecule has 0 bridgehead atoms. The molecule has 0 aromatic heterocycles. The van der Waals surface area contributed by atoms with Gasteiger partial charge in [-0.3, -0.25) is 0 Å². The number of nitrogens with one attached hydrogen (secondary N) is 1. The summed E-state index contributed by atoms with van der Waals surface area (Å²) >= 11 is 5.71. The van der Waals surface area contributed by atoms with Crippen molar-refractivity contribution in [3.05, 3.63) is 24.3 Å². The second-order valence-electron chi connectivity index (χ2n) is 4.37. The van der Waals surface area contributed by atoms with Crippen LogP contribution in [0.15, 0.2) is 29.2 Å². The fourth-order valence-electron chi connectivity index (χ4n) is 1.45. The van der Waals surface area contributed by atoms with E-state index in [1.165, 1.54) is 18.2 Å². The molecule has 1 aromatic carbocycles. The Balaban J connectivity index is 3.11. The molecule has 3 nitrogen and oxygen atoms in total. The van der Waals surface area contributed by atoms with Gasteiger partial charge in [0.25, 0.3) is 0 Å². The zero-order valence-electron chi connectivity index (χ0n) is 10.6. The highest BCUT2D eigenvalue weighted by molar-refractivity contribution is 7.91. The molecule has 0 radical (unpaired) electrons. The summed E-state index contributed by atoms with van der Waals surface area (Å²) < 4.78 is 48.3. The molecular formula is C12H16ClF2NO2S. The highest BCUT2D eigenvalue weighted by Crippen LogP contribution is 2.27. The first-order valence-corrected chi connectivity index (χ1v) is 7.82. The summed E-state index contributed by atoms with van der Waals surface area (Å²) in [6, 6.07) is 5.50. The molecule has 0 aliphatic heterocycles. The summed E-state index contributed by atoms with van der Waals surface area (Å²) in [6.45, 7) is 3.70. The van der Waals surface area contributed by atoms with E-state index in [4.69, 9.17) is 11.6 Å². The van der Waals surface area contributed by atoms with Gasteiger partial charge in [-0.2, -0.15) is 8.78 Å². The molecule has 2 unspecified atom stereocenters. The number of benzene rings is 1. The summed E-state index contributed by atoms with van der Waals surface area (Å²) in [5.74, 6) is -2.97. The summed E-state index contributed by atoms with van der Waals surface area (Å²) in [5, 5.41) is 2.93. The van der Waals surface area contributed by atoms with Crippen molar-refractivity contribution >= 4 is 27.1 Å². The lowest BCUT2D eigenvalue weighted by molar-refractivity contribution is 0.235. The highest BCUT2D eigenvalue weighted by Gasteiger charge is 2.29. The minimum absolute atomic E-state index is 0.0731. The predicted octanol–water partition coefficient (Wildman–Crippen LogP) is 3.36. The maximum absolute atomic E-state index is 12.6. The van der Waals surface area contributed by atoms with Gasteiger partial charge in [-0.15, -0.1) is 11.6 Å². The van der Waals surface area contributed by atoms with Crippen molar-refractivity contribution in [2.45, 2.75) is 30.5 Å². The molecule has 0 fully saturated rings. The Morgan fingerprint density at radius 2 is 1.84 bits per heavy atom. The monoisotopic (exact) mass is 311 g/mol. The van der Waals surface area contributed by atoms with Crippen molar-refractivity contribution < 1.29 is 17.2 Å². The largest absolute Gasteiger partial charge is 0.381 e. The molecule has 0 saturated heterocycles. The Morgan fingerprint density at radius 3 is 2.37 bits per heavy atom. The van der Waals surface area contributed by atoms with Crippen LogP contribution in [0.5, 0.6) is 0 Å². The normalized spacial score (nSPS) is 15.3. The molecule has 19 heavy (non-hydrogen) atoms. The molecule has 0 aliphatic rings. The fraction of sp³-hybridized carbons (Fsp3) is 0.500. The first-order valence-electron chi connectivity index (χ1n) is 5.74. The average molecular weight is 312 g/mol. The second-order valence-corrected chi connectivity index (χ2v) is 6.56. The van der Waals surface area contributed by atoms with Gasteiger partial charge in [-0.25, -0.2) is 8.42 Å². The predicted molar refractivity (Wildman–Crippen MR) is 72.6 cm³/mol. The lowest BCUT2D eigenvalue weighted by atomic mass is 10.1. The number of para-hydroxylation sites is 1. The number of halogens is 3. The highest BCUT2D eigenvalue weighted by atomic mass is 35.5. The van der Waals surface area contributed by atoms with E-state index in [9.17, 15) is 17.2 Å². The summed E-state index contributed by atoms with van der Waals surface area (Å²) in [6.07, 6.45) is 0. The Labute approximate surface area is 116 Å². The molecule has 108 valence electrons. The minimum atomic E-state index is -4.61. The minimum Gasteiger partial charge on any atom is -0.381 e. The number of alkyl halides is 3. The van der Waals surface area contributed by atoms with Crippen molar-refractivity contribution in [3.8, 4) is 0 Å². The Kier molecular flexibility index (Phi) is 5.55. The maximum Gasteiger partial charge on any atom is 0.341 e. The zero-order valence-corrected chi connectivity index (χ0v) is 12.2. The summed E-state index contributed by atoms with van der Waals surface area (Å²) in [4.78, 5) is -0.390. The van der Waals surface area contributed by atoms with Crippen LogP contribution in [0.25, 0.3) is 0 Å². The van der Waals surface area contributed by atoms with Crippen LogP contribution in [0.4, 0.5) is 14.5 Å². The van der Waals surface area contributed by atoms with Crippen LogP contribution in [-0.2, 0) is 9.84 Å². The van der Waals surface area contributed by atoms with Gasteiger partial charge in [-0.1, -0.05) is 19.1 Å². The number of hydrogen-bond donors (Lipinski definition) is 1. The van der Waals surface area contributed by atoms with E-state index < -0.39 is 20.5 Å². The average Bonchev–Trinajstić information content (AvgIpc) is 2.37. The summed E-state index contributed by atoms with van der Waals surface area (Å²) in [5.41, 5.74) is 0.173. The van der Waals surface area contributed by atoms with Gasteiger partial charge < -0.3 is 5.32 Å². The molecule has 7 heteroatoms. The molecule has 0 heterocycles. The molecule has 1 rings (SSSR count). The van der Waals surface area contributed by atoms with Crippen molar-refractivity contribution in [3.63, 3.8) is 0 Å². The smallest absolute Gasteiger partial charge is 0.341 e. The lowest BCUT2D eigenvalue weighted by Gasteiger charge is -2.22. The number of sulfone groups is 1. The molecule has 0 spiro atoms. The van der Waals surface area contributed by atoms with Crippen LogP contribution < -0.4 is 5.32 Å². The quantitative estimate of drug-likeness (QED) is 0.819. The number of hydrogen-bond acceptors (Lipinski definition) is 3. The van der Waals surface area contributed by atoms with Gasteiger partial charge >= 0.3 is 5.76 Å². The van der Waals surface area contributed by atoms with Crippen LogP contribution in [0.2, 0.25) is 0 Å². The van der Waals surface area contributed by atoms with Crippen LogP contribution >= 0.6 is 11.6 Å². The molecule has 1 aromatic rings. The third kappa shape index (κ3) is 3.79. The van der Waals surface area contributed by atoms with E-state index in [-0.39, 0.29) is 17.6 Å². The molecule has 1 N–H and O–H groups in total. The van der Waals surface area contributed by atoms with Gasteiger partial charge in [0, 0.05) is 11.9 Å². The Bertz CT molecular complexity index is 522. The van der Waals surface area contributed by atoms with Gasteiger partial charge in [0.2, 0.25) is 9.84 Å². The second kappa shape index (κ2) is 6.52. The molecule has 2 atom stereocenters. The van der Waals surface area contributed by atoms with Crippen LogP contribution in [0.1, 0.15) is 13.8 Å². The van der Waals surface area contributed by atoms with E-state index in [2.05, 4.69) is 5.32 Å². The van der Waals surface area contributed by atoms with Gasteiger partial charge in [0.15, 0.2) is 0 Å². The molecule has 0 amide bonds. The van der Waals surface area contributed by atoms with Crippen LogP contribution in [0, 0.1) is 5.92 Å². The summed E-state index contributed by atoms with van der Waals surface area (Å²) in [7, 11) is -4.61. The first-order chi connectivity index (χ1) is 8.80. The molecular weight excluding hydrogens is 296 g/mol. The van der Waals surface area contributed by atoms with Crippen LogP contribution in [0.3, 0.4) is 0 Å². The first kappa shape index (κ1) is 16.2. The van der Waals surface area contributed by atoms with E-state index in [1.54, 1.807) is 6.07 Å². The van der Waals surface area contributed by atoms with Gasteiger partial charge in [-0.05, 0) is 25.0 Å². The fourth-order valence-corrected chi connectivity index (χ4v) is 2.61. The van der Waals surface area contributed by atoms with Gasteiger partial charge in [0.05, 0.1) is 10.6 Å². The van der Waals surface area contributed by atoms with E-state index >= 15 is 0 Å².